The second kappa shape index (κ2) is 6.58. The van der Waals surface area contributed by atoms with Crippen LogP contribution in [0.3, 0.4) is 0 Å². The zero-order valence-corrected chi connectivity index (χ0v) is 12.3. The normalized spacial score (nSPS) is 21.9. The number of carbonyl (C=O) groups excluding carboxylic acids is 2. The minimum atomic E-state index is -0.568. The average Bonchev–Trinajstić information content (AvgIpc) is 2.43. The van der Waals surface area contributed by atoms with E-state index in [4.69, 9.17) is 10.5 Å². The van der Waals surface area contributed by atoms with E-state index in [0.717, 1.165) is 0 Å². The lowest BCUT2D eigenvalue weighted by Crippen LogP contribution is -2.55. The van der Waals surface area contributed by atoms with Gasteiger partial charge in [-0.1, -0.05) is 12.1 Å². The van der Waals surface area contributed by atoms with Crippen LogP contribution in [0.2, 0.25) is 0 Å². The third-order valence-electron chi connectivity index (χ3n) is 3.33. The Kier molecular flexibility index (Phi) is 4.80. The topological polar surface area (TPSA) is 84.7 Å². The molecule has 6 heteroatoms. The van der Waals surface area contributed by atoms with Gasteiger partial charge in [0.2, 0.25) is 0 Å². The summed E-state index contributed by atoms with van der Waals surface area (Å²) >= 11 is 0. The Hall–Kier alpha value is -2.08. The van der Waals surface area contributed by atoms with Gasteiger partial charge in [0.15, 0.2) is 6.61 Å². The van der Waals surface area contributed by atoms with Crippen molar-refractivity contribution in [2.75, 3.05) is 19.7 Å². The third kappa shape index (κ3) is 3.95. The van der Waals surface area contributed by atoms with Crippen molar-refractivity contribution in [3.05, 3.63) is 29.8 Å². The Morgan fingerprint density at radius 3 is 2.52 bits per heavy atom. The molecule has 2 amide bonds. The summed E-state index contributed by atoms with van der Waals surface area (Å²) in [7, 11) is 0. The molecule has 6 nitrogen and oxygen atoms in total. The van der Waals surface area contributed by atoms with Crippen molar-refractivity contribution in [1.29, 1.82) is 0 Å². The summed E-state index contributed by atoms with van der Waals surface area (Å²) in [6.45, 7) is 5.15. The molecule has 0 bridgehead atoms. The molecule has 3 N–H and O–H groups in total. The van der Waals surface area contributed by atoms with Crippen molar-refractivity contribution in [2.24, 2.45) is 5.73 Å². The van der Waals surface area contributed by atoms with E-state index in [9.17, 15) is 9.59 Å². The Balaban J connectivity index is 2.16. The molecule has 0 radical (unpaired) electrons. The molecular weight excluding hydrogens is 270 g/mol. The number of piperazine rings is 1. The monoisotopic (exact) mass is 291 g/mol. The molecule has 1 aromatic rings. The standard InChI is InChI=1S/C15H21N3O3/c1-10-7-18(8-11(2)17-10)15(20)12-5-3-4-6-13(12)21-9-14(16)19/h3-6,10-11,17H,7-9H2,1-2H3,(H2,16,19)/t10-,11-/m0/s1. The molecule has 0 spiro atoms. The van der Waals surface area contributed by atoms with Crippen molar-refractivity contribution in [2.45, 2.75) is 25.9 Å². The van der Waals surface area contributed by atoms with Gasteiger partial charge in [-0.25, -0.2) is 0 Å². The van der Waals surface area contributed by atoms with E-state index in [0.29, 0.717) is 24.4 Å². The van der Waals surface area contributed by atoms with Gasteiger partial charge in [0.25, 0.3) is 11.8 Å². The van der Waals surface area contributed by atoms with Crippen LogP contribution in [0.25, 0.3) is 0 Å². The number of primary amides is 1. The van der Waals surface area contributed by atoms with Crippen molar-refractivity contribution in [3.63, 3.8) is 0 Å². The average molecular weight is 291 g/mol. The molecule has 2 rings (SSSR count). The molecule has 1 saturated heterocycles. The maximum absolute atomic E-state index is 12.7. The molecule has 2 atom stereocenters. The fourth-order valence-corrected chi connectivity index (χ4v) is 2.58. The molecule has 21 heavy (non-hydrogen) atoms. The Bertz CT molecular complexity index is 523. The number of amides is 2. The van der Waals surface area contributed by atoms with E-state index < -0.39 is 5.91 Å². The Morgan fingerprint density at radius 2 is 1.90 bits per heavy atom. The zero-order chi connectivity index (χ0) is 15.4. The summed E-state index contributed by atoms with van der Waals surface area (Å²) in [5, 5.41) is 3.38. The number of hydrogen-bond donors (Lipinski definition) is 2. The minimum absolute atomic E-state index is 0.0877. The van der Waals surface area contributed by atoms with Crippen LogP contribution in [0.4, 0.5) is 0 Å². The highest BCUT2D eigenvalue weighted by atomic mass is 16.5. The number of nitrogens with two attached hydrogens (primary N) is 1. The number of para-hydroxylation sites is 1. The number of ether oxygens (including phenoxy) is 1. The van der Waals surface area contributed by atoms with E-state index in [2.05, 4.69) is 5.32 Å². The maximum atomic E-state index is 12.7. The van der Waals surface area contributed by atoms with Crippen molar-refractivity contribution in [3.8, 4) is 5.75 Å². The summed E-state index contributed by atoms with van der Waals surface area (Å²) in [6, 6.07) is 7.41. The summed E-state index contributed by atoms with van der Waals surface area (Å²) in [5.74, 6) is -0.267. The number of nitrogens with zero attached hydrogens (tertiary/aromatic N) is 1. The fourth-order valence-electron chi connectivity index (χ4n) is 2.58. The van der Waals surface area contributed by atoms with Crippen LogP contribution < -0.4 is 15.8 Å². The van der Waals surface area contributed by atoms with Crippen LogP contribution >= 0.6 is 0 Å². The van der Waals surface area contributed by atoms with E-state index >= 15 is 0 Å². The van der Waals surface area contributed by atoms with E-state index in [1.165, 1.54) is 0 Å². The summed E-state index contributed by atoms with van der Waals surface area (Å²) in [6.07, 6.45) is 0. The first-order valence-corrected chi connectivity index (χ1v) is 7.03. The van der Waals surface area contributed by atoms with Crippen LogP contribution in [-0.4, -0.2) is 48.5 Å². The molecular formula is C15H21N3O3. The predicted molar refractivity (Wildman–Crippen MR) is 79.1 cm³/mol. The highest BCUT2D eigenvalue weighted by Gasteiger charge is 2.27. The van der Waals surface area contributed by atoms with Gasteiger partial charge in [0.1, 0.15) is 5.75 Å². The van der Waals surface area contributed by atoms with E-state index in [1.807, 2.05) is 13.8 Å². The highest BCUT2D eigenvalue weighted by Crippen LogP contribution is 2.21. The smallest absolute Gasteiger partial charge is 0.257 e. The lowest BCUT2D eigenvalue weighted by molar-refractivity contribution is -0.119. The largest absolute Gasteiger partial charge is 0.483 e. The molecule has 1 heterocycles. The highest BCUT2D eigenvalue weighted by molar-refractivity contribution is 5.97. The number of benzene rings is 1. The first-order valence-electron chi connectivity index (χ1n) is 7.03. The van der Waals surface area contributed by atoms with Gasteiger partial charge < -0.3 is 20.7 Å². The van der Waals surface area contributed by atoms with Crippen LogP contribution in [0.15, 0.2) is 24.3 Å². The summed E-state index contributed by atoms with van der Waals surface area (Å²) in [5.41, 5.74) is 5.54. The van der Waals surface area contributed by atoms with Crippen molar-refractivity contribution < 1.29 is 14.3 Å². The van der Waals surface area contributed by atoms with Gasteiger partial charge in [-0.2, -0.15) is 0 Å². The molecule has 0 aliphatic carbocycles. The third-order valence-corrected chi connectivity index (χ3v) is 3.33. The molecule has 0 saturated carbocycles. The number of rotatable bonds is 4. The van der Waals surface area contributed by atoms with Crippen LogP contribution in [0, 0.1) is 0 Å². The van der Waals surface area contributed by atoms with Gasteiger partial charge in [-0.3, -0.25) is 9.59 Å². The Labute approximate surface area is 124 Å². The van der Waals surface area contributed by atoms with Gasteiger partial charge in [-0.15, -0.1) is 0 Å². The number of nitrogens with one attached hydrogen (secondary N) is 1. The van der Waals surface area contributed by atoms with E-state index in [-0.39, 0.29) is 24.6 Å². The van der Waals surface area contributed by atoms with Crippen molar-refractivity contribution in [1.82, 2.24) is 10.2 Å². The van der Waals surface area contributed by atoms with Gasteiger partial charge in [0.05, 0.1) is 5.56 Å². The van der Waals surface area contributed by atoms with E-state index in [1.54, 1.807) is 29.2 Å². The lowest BCUT2D eigenvalue weighted by Gasteiger charge is -2.36. The molecule has 1 aliphatic heterocycles. The van der Waals surface area contributed by atoms with Gasteiger partial charge in [-0.05, 0) is 26.0 Å². The molecule has 114 valence electrons. The van der Waals surface area contributed by atoms with Gasteiger partial charge in [0, 0.05) is 25.2 Å². The lowest BCUT2D eigenvalue weighted by atomic mass is 10.1. The zero-order valence-electron chi connectivity index (χ0n) is 12.3. The Morgan fingerprint density at radius 1 is 1.29 bits per heavy atom. The summed E-state index contributed by atoms with van der Waals surface area (Å²) < 4.78 is 5.33. The van der Waals surface area contributed by atoms with Gasteiger partial charge >= 0.3 is 0 Å². The number of carbonyl (C=O) groups is 2. The molecule has 1 aliphatic rings. The van der Waals surface area contributed by atoms with Crippen LogP contribution in [0.5, 0.6) is 5.75 Å². The fraction of sp³-hybridized carbons (Fsp3) is 0.467. The SMILES string of the molecule is C[C@H]1CN(C(=O)c2ccccc2OCC(N)=O)C[C@H](C)N1. The second-order valence-corrected chi connectivity index (χ2v) is 5.43. The predicted octanol–water partition coefficient (Wildman–Crippen LogP) is 0.373. The minimum Gasteiger partial charge on any atom is -0.483 e. The maximum Gasteiger partial charge on any atom is 0.257 e. The molecule has 1 fully saturated rings. The molecule has 0 aromatic heterocycles. The summed E-state index contributed by atoms with van der Waals surface area (Å²) in [4.78, 5) is 25.3. The quantitative estimate of drug-likeness (QED) is 0.839. The van der Waals surface area contributed by atoms with Crippen molar-refractivity contribution >= 4 is 11.8 Å². The number of hydrogen-bond acceptors (Lipinski definition) is 4. The first-order chi connectivity index (χ1) is 9.97. The molecule has 1 aromatic carbocycles. The van der Waals surface area contributed by atoms with Crippen LogP contribution in [-0.2, 0) is 4.79 Å². The second-order valence-electron chi connectivity index (χ2n) is 5.43. The first kappa shape index (κ1) is 15.3. The van der Waals surface area contributed by atoms with Crippen LogP contribution in [0.1, 0.15) is 24.2 Å². The molecule has 0 unspecified atom stereocenters.